The molecule has 38 heavy (non-hydrogen) atoms. The maximum absolute atomic E-state index is 13.9. The van der Waals surface area contributed by atoms with Crippen LogP contribution in [0.25, 0.3) is 10.8 Å². The quantitative estimate of drug-likeness (QED) is 0.387. The summed E-state index contributed by atoms with van der Waals surface area (Å²) in [5.74, 6) is -2.47. The van der Waals surface area contributed by atoms with Gasteiger partial charge in [0.15, 0.2) is 5.13 Å². The highest BCUT2D eigenvalue weighted by atomic mass is 32.2. The molecule has 0 bridgehead atoms. The van der Waals surface area contributed by atoms with Gasteiger partial charge in [-0.25, -0.2) is 14.8 Å². The molecule has 3 atom stereocenters. The smallest absolute Gasteiger partial charge is 0.416 e. The van der Waals surface area contributed by atoms with Crippen molar-refractivity contribution in [2.75, 3.05) is 35.6 Å². The molecule has 2 aromatic heterocycles. The van der Waals surface area contributed by atoms with Crippen LogP contribution < -0.4 is 14.9 Å². The van der Waals surface area contributed by atoms with Crippen molar-refractivity contribution in [1.29, 1.82) is 0 Å². The van der Waals surface area contributed by atoms with E-state index in [1.807, 2.05) is 0 Å². The fourth-order valence-electron chi connectivity index (χ4n) is 4.37. The van der Waals surface area contributed by atoms with Gasteiger partial charge >= 0.3 is 12.1 Å². The number of aliphatic carboxylic acids is 1. The molecule has 3 N–H and O–H groups in total. The first-order valence-electron chi connectivity index (χ1n) is 11.1. The number of anilines is 3. The number of hydrogen-bond acceptors (Lipinski definition) is 9. The van der Waals surface area contributed by atoms with Crippen LogP contribution in [-0.4, -0.2) is 73.3 Å². The lowest BCUT2D eigenvalue weighted by atomic mass is 9.95. The summed E-state index contributed by atoms with van der Waals surface area (Å²) in [6.07, 6.45) is -2.95. The minimum absolute atomic E-state index is 0.0577. The Labute approximate surface area is 221 Å². The van der Waals surface area contributed by atoms with Gasteiger partial charge in [-0.15, -0.1) is 0 Å². The molecule has 0 radical (unpaired) electrons. The van der Waals surface area contributed by atoms with Crippen molar-refractivity contribution in [2.45, 2.75) is 31.1 Å². The third-order valence-electron chi connectivity index (χ3n) is 6.14. The summed E-state index contributed by atoms with van der Waals surface area (Å²) in [6, 6.07) is 0.500. The molecule has 1 unspecified atom stereocenters. The van der Waals surface area contributed by atoms with Crippen molar-refractivity contribution in [3.8, 4) is 0 Å². The maximum Gasteiger partial charge on any atom is 0.416 e. The van der Waals surface area contributed by atoms with Crippen LogP contribution in [0.3, 0.4) is 0 Å². The summed E-state index contributed by atoms with van der Waals surface area (Å²) in [6.45, 7) is -0.167. The molecule has 1 aromatic carbocycles. The lowest BCUT2D eigenvalue weighted by Crippen LogP contribution is -2.48. The summed E-state index contributed by atoms with van der Waals surface area (Å²) in [5, 5.41) is 10.9. The summed E-state index contributed by atoms with van der Waals surface area (Å²) >= 11 is -1.89. The Morgan fingerprint density at radius 3 is 2.66 bits per heavy atom. The number of carbonyl (C=O) groups excluding carboxylic acids is 1. The molecule has 0 aliphatic carbocycles. The van der Waals surface area contributed by atoms with E-state index in [1.54, 1.807) is 19.0 Å². The Balaban J connectivity index is 1.68. The number of nitrogens with two attached hydrogens (primary N) is 1. The number of fused-ring (bicyclic) bond motifs is 1. The van der Waals surface area contributed by atoms with Gasteiger partial charge in [0.2, 0.25) is 5.91 Å². The number of carboxylic acids is 1. The second-order valence-corrected chi connectivity index (χ2v) is 10.6. The standard InChI is InChI=1S/C22H23F3N6O5S2/c1-29(2)21-28-10-17(37-21)31(38(35)36)15-4-6-30(19(15)32)16(20(33)34)8-12-7-11-3-5-27-18(26)13(11)9-14(12)22(23,24)25/h3,5,7,9-10,15-16H,4,6,8H2,1-2H3,(H2,26,27)(H,33,34)(H,35,36)/p-1/t15-,16+/m0/s1. The molecule has 1 aliphatic rings. The van der Waals surface area contributed by atoms with Crippen molar-refractivity contribution in [1.82, 2.24) is 14.9 Å². The monoisotopic (exact) mass is 571 g/mol. The number of carbonyl (C=O) groups is 2. The zero-order valence-corrected chi connectivity index (χ0v) is 21.6. The molecule has 1 aliphatic heterocycles. The number of nitrogen functional groups attached to an aromatic ring is 1. The van der Waals surface area contributed by atoms with Gasteiger partial charge in [0.05, 0.1) is 11.8 Å². The molecule has 1 fully saturated rings. The minimum atomic E-state index is -4.83. The molecule has 16 heteroatoms. The van der Waals surface area contributed by atoms with Crippen LogP contribution >= 0.6 is 11.3 Å². The lowest BCUT2D eigenvalue weighted by Gasteiger charge is -2.31. The topological polar surface area (TPSA) is 156 Å². The number of thiazole rings is 1. The van der Waals surface area contributed by atoms with Crippen molar-refractivity contribution >= 4 is 61.2 Å². The molecule has 0 saturated carbocycles. The number of likely N-dealkylation sites (tertiary alicyclic amines) is 1. The lowest BCUT2D eigenvalue weighted by molar-refractivity contribution is -0.149. The van der Waals surface area contributed by atoms with E-state index in [1.165, 1.54) is 24.5 Å². The summed E-state index contributed by atoms with van der Waals surface area (Å²) in [4.78, 5) is 36.0. The van der Waals surface area contributed by atoms with Gasteiger partial charge in [0, 0.05) is 49.9 Å². The number of halogens is 3. The van der Waals surface area contributed by atoms with E-state index in [0.717, 1.165) is 26.6 Å². The van der Waals surface area contributed by atoms with Crippen LogP contribution in [0.1, 0.15) is 17.5 Å². The number of amides is 1. The first-order chi connectivity index (χ1) is 17.8. The second kappa shape index (κ2) is 10.3. The van der Waals surface area contributed by atoms with E-state index in [9.17, 15) is 36.6 Å². The van der Waals surface area contributed by atoms with E-state index >= 15 is 0 Å². The van der Waals surface area contributed by atoms with E-state index < -0.39 is 53.4 Å². The largest absolute Gasteiger partial charge is 0.755 e. The Kier molecular flexibility index (Phi) is 7.49. The minimum Gasteiger partial charge on any atom is -0.755 e. The Hall–Kier alpha value is -3.50. The first kappa shape index (κ1) is 27.5. The number of aromatic nitrogens is 2. The molecule has 11 nitrogen and oxygen atoms in total. The first-order valence-corrected chi connectivity index (χ1v) is 12.9. The summed E-state index contributed by atoms with van der Waals surface area (Å²) < 4.78 is 66.8. The predicted molar refractivity (Wildman–Crippen MR) is 134 cm³/mol. The van der Waals surface area contributed by atoms with Crippen LogP contribution in [0.2, 0.25) is 0 Å². The van der Waals surface area contributed by atoms with Gasteiger partial charge < -0.3 is 25.2 Å². The molecule has 204 valence electrons. The summed E-state index contributed by atoms with van der Waals surface area (Å²) in [5.41, 5.74) is 4.29. The van der Waals surface area contributed by atoms with E-state index in [-0.39, 0.29) is 34.7 Å². The third-order valence-corrected chi connectivity index (χ3v) is 8.19. The van der Waals surface area contributed by atoms with Crippen molar-refractivity contribution in [3.63, 3.8) is 0 Å². The molecular weight excluding hydrogens is 549 g/mol. The normalized spacial score (nSPS) is 17.6. The fraction of sp³-hybridized carbons (Fsp3) is 0.364. The number of rotatable bonds is 8. The highest BCUT2D eigenvalue weighted by molar-refractivity contribution is 7.81. The van der Waals surface area contributed by atoms with E-state index in [0.29, 0.717) is 10.5 Å². The number of alkyl halides is 3. The van der Waals surface area contributed by atoms with E-state index in [4.69, 9.17) is 5.73 Å². The second-order valence-electron chi connectivity index (χ2n) is 8.74. The van der Waals surface area contributed by atoms with Gasteiger partial charge in [-0.2, -0.15) is 13.2 Å². The summed E-state index contributed by atoms with van der Waals surface area (Å²) in [7, 11) is 3.40. The number of benzene rings is 1. The average molecular weight is 572 g/mol. The number of hydrogen-bond donors (Lipinski definition) is 2. The van der Waals surface area contributed by atoms with Gasteiger partial charge in [0.1, 0.15) is 22.9 Å². The number of carboxylic acid groups (broad SMARTS) is 1. The molecule has 4 rings (SSSR count). The Bertz CT molecular complexity index is 1420. The Morgan fingerprint density at radius 2 is 2.08 bits per heavy atom. The van der Waals surface area contributed by atoms with Gasteiger partial charge in [-0.1, -0.05) is 17.4 Å². The molecule has 1 saturated heterocycles. The van der Waals surface area contributed by atoms with Crippen LogP contribution in [0.5, 0.6) is 0 Å². The predicted octanol–water partition coefficient (Wildman–Crippen LogP) is 2.26. The molecule has 1 amide bonds. The van der Waals surface area contributed by atoms with Gasteiger partial charge in [-0.05, 0) is 29.5 Å². The highest BCUT2D eigenvalue weighted by Crippen LogP contribution is 2.38. The van der Waals surface area contributed by atoms with Gasteiger partial charge in [0.25, 0.3) is 0 Å². The third kappa shape index (κ3) is 5.23. The van der Waals surface area contributed by atoms with Crippen LogP contribution in [0.4, 0.5) is 29.1 Å². The number of nitrogens with zero attached hydrogens (tertiary/aromatic N) is 5. The van der Waals surface area contributed by atoms with Crippen LogP contribution in [0.15, 0.2) is 30.6 Å². The van der Waals surface area contributed by atoms with Crippen molar-refractivity contribution in [2.24, 2.45) is 0 Å². The fourth-order valence-corrected chi connectivity index (χ4v) is 6.06. The number of pyridine rings is 1. The van der Waals surface area contributed by atoms with Crippen molar-refractivity contribution in [3.05, 3.63) is 41.7 Å². The van der Waals surface area contributed by atoms with Crippen LogP contribution in [-0.2, 0) is 33.5 Å². The zero-order valence-electron chi connectivity index (χ0n) is 20.0. The van der Waals surface area contributed by atoms with Crippen molar-refractivity contribution < 1.29 is 36.6 Å². The molecular formula is C22H22F3N6O5S2-. The highest BCUT2D eigenvalue weighted by Gasteiger charge is 2.44. The molecule has 0 spiro atoms. The Morgan fingerprint density at radius 1 is 1.37 bits per heavy atom. The van der Waals surface area contributed by atoms with Crippen LogP contribution in [0, 0.1) is 0 Å². The maximum atomic E-state index is 13.9. The SMILES string of the molecule is CN(C)c1ncc(N([C@H]2CCN([C@H](Cc3cc4ccnc(N)c4cc3C(F)(F)F)C(=O)O)C2=O)S(=O)[O-])s1. The van der Waals surface area contributed by atoms with Gasteiger partial charge in [-0.3, -0.25) is 13.3 Å². The zero-order chi connectivity index (χ0) is 27.9. The molecule has 3 heterocycles. The molecule has 3 aromatic rings. The average Bonchev–Trinajstić information content (AvgIpc) is 3.44. The van der Waals surface area contributed by atoms with E-state index in [2.05, 4.69) is 9.97 Å².